The third-order valence-corrected chi connectivity index (χ3v) is 3.26. The first kappa shape index (κ1) is 20.2. The lowest BCUT2D eigenvalue weighted by Crippen LogP contribution is -2.27. The fourth-order valence-corrected chi connectivity index (χ4v) is 2.45. The van der Waals surface area contributed by atoms with Crippen LogP contribution in [0.15, 0.2) is 0 Å². The van der Waals surface area contributed by atoms with Crippen LogP contribution in [0.5, 0.6) is 0 Å². The summed E-state index contributed by atoms with van der Waals surface area (Å²) in [5.41, 5.74) is 0.662. The zero-order chi connectivity index (χ0) is 18.8. The van der Waals surface area contributed by atoms with Crippen molar-refractivity contribution in [2.24, 2.45) is 11.7 Å². The second kappa shape index (κ2) is 7.37. The van der Waals surface area contributed by atoms with Crippen LogP contribution in [0.4, 0.5) is 22.0 Å². The molecule has 2 N–H and O–H groups in total. The van der Waals surface area contributed by atoms with E-state index >= 15 is 0 Å². The van der Waals surface area contributed by atoms with Gasteiger partial charge in [0, 0.05) is 5.56 Å². The average molecular weight is 370 g/mol. The smallest absolute Gasteiger partial charge is 0.434 e. The number of aromatic nitrogens is 1. The highest BCUT2D eigenvalue weighted by molar-refractivity contribution is 7.80. The summed E-state index contributed by atoms with van der Waals surface area (Å²) >= 11 is 4.65. The number of rotatable bonds is 5. The highest BCUT2D eigenvalue weighted by Crippen LogP contribution is 2.37. The third kappa shape index (κ3) is 4.16. The fourth-order valence-electron chi connectivity index (χ4n) is 2.23. The van der Waals surface area contributed by atoms with E-state index in [1.165, 1.54) is 0 Å². The molecule has 1 rings (SSSR count). The molecule has 4 nitrogen and oxygen atoms in total. The molecule has 0 fully saturated rings. The van der Waals surface area contributed by atoms with Gasteiger partial charge in [0.15, 0.2) is 5.69 Å². The molecule has 0 saturated carbocycles. The molecule has 1 aromatic heterocycles. The van der Waals surface area contributed by atoms with E-state index in [1.807, 2.05) is 0 Å². The van der Waals surface area contributed by atoms with Crippen molar-refractivity contribution in [2.45, 2.75) is 32.9 Å². The predicted octanol–water partition coefficient (Wildman–Crippen LogP) is 3.66. The molecule has 0 amide bonds. The summed E-state index contributed by atoms with van der Waals surface area (Å²) in [6.45, 7) is 3.28. The van der Waals surface area contributed by atoms with Gasteiger partial charge in [0.2, 0.25) is 0 Å². The summed E-state index contributed by atoms with van der Waals surface area (Å²) in [6, 6.07) is 0. The molecule has 0 aromatic carbocycles. The molecular weight excluding hydrogens is 355 g/mol. The van der Waals surface area contributed by atoms with Crippen molar-refractivity contribution in [3.8, 4) is 0 Å². The predicted molar refractivity (Wildman–Crippen MR) is 80.0 cm³/mol. The van der Waals surface area contributed by atoms with Gasteiger partial charge in [-0.3, -0.25) is 0 Å². The topological polar surface area (TPSA) is 65.2 Å². The van der Waals surface area contributed by atoms with Gasteiger partial charge in [0.25, 0.3) is 6.43 Å². The van der Waals surface area contributed by atoms with E-state index in [2.05, 4.69) is 21.9 Å². The Labute approximate surface area is 140 Å². The number of pyridine rings is 1. The van der Waals surface area contributed by atoms with Crippen LogP contribution >= 0.6 is 12.2 Å². The van der Waals surface area contributed by atoms with E-state index in [1.54, 1.807) is 13.8 Å². The first-order chi connectivity index (χ1) is 10.9. The minimum absolute atomic E-state index is 0.136. The normalized spacial score (nSPS) is 11.9. The minimum Gasteiger partial charge on any atom is -0.465 e. The van der Waals surface area contributed by atoms with Gasteiger partial charge in [-0.25, -0.2) is 18.6 Å². The Kier molecular flexibility index (Phi) is 6.20. The van der Waals surface area contributed by atoms with Crippen molar-refractivity contribution in [2.75, 3.05) is 7.11 Å². The fraction of sp³-hybridized carbons (Fsp3) is 0.500. The zero-order valence-corrected chi connectivity index (χ0v) is 13.8. The first-order valence-corrected chi connectivity index (χ1v) is 7.12. The van der Waals surface area contributed by atoms with Gasteiger partial charge in [-0.1, -0.05) is 26.1 Å². The second-order valence-corrected chi connectivity index (χ2v) is 5.77. The number of nitrogens with zero attached hydrogens (tertiary/aromatic N) is 1. The molecular formula is C14H15F5N2O2S. The highest BCUT2D eigenvalue weighted by Gasteiger charge is 2.41. The molecule has 0 aliphatic rings. The van der Waals surface area contributed by atoms with E-state index in [4.69, 9.17) is 5.73 Å². The number of esters is 1. The standard InChI is InChI=1S/C14H15F5N2O2S/c1-5(2)4-6-7(13(22)23-3)9(11(15)16)21-10(14(17,18)19)8(6)12(20)24/h5,11H,4H2,1-3H3,(H2,20,24). The van der Waals surface area contributed by atoms with Gasteiger partial charge in [0.1, 0.15) is 10.7 Å². The molecule has 0 aliphatic carbocycles. The van der Waals surface area contributed by atoms with Crippen LogP contribution in [-0.4, -0.2) is 23.1 Å². The summed E-state index contributed by atoms with van der Waals surface area (Å²) in [4.78, 5) is 14.2. The number of halogens is 5. The number of thiocarbonyl (C=S) groups is 1. The summed E-state index contributed by atoms with van der Waals surface area (Å²) < 4.78 is 70.7. The molecule has 1 aromatic rings. The quantitative estimate of drug-likeness (QED) is 0.487. The van der Waals surface area contributed by atoms with Gasteiger partial charge in [-0.2, -0.15) is 13.2 Å². The van der Waals surface area contributed by atoms with Crippen molar-refractivity contribution >= 4 is 23.2 Å². The maximum absolute atomic E-state index is 13.2. The van der Waals surface area contributed by atoms with E-state index in [9.17, 15) is 26.7 Å². The SMILES string of the molecule is COC(=O)c1c(C(F)F)nc(C(F)(F)F)c(C(N)=S)c1CC(C)C. The number of carbonyl (C=O) groups excluding carboxylic acids is 1. The lowest BCUT2D eigenvalue weighted by atomic mass is 9.91. The Hall–Kier alpha value is -1.84. The number of alkyl halides is 5. The molecule has 0 unspecified atom stereocenters. The van der Waals surface area contributed by atoms with Crippen LogP contribution in [0.25, 0.3) is 0 Å². The zero-order valence-electron chi connectivity index (χ0n) is 13.0. The van der Waals surface area contributed by atoms with Crippen molar-refractivity contribution in [3.05, 3.63) is 28.1 Å². The molecule has 0 spiro atoms. The van der Waals surface area contributed by atoms with Gasteiger partial charge >= 0.3 is 12.1 Å². The van der Waals surface area contributed by atoms with Gasteiger partial charge in [-0.05, 0) is 17.9 Å². The van der Waals surface area contributed by atoms with Crippen LogP contribution in [0.1, 0.15) is 53.1 Å². The van der Waals surface area contributed by atoms with Crippen molar-refractivity contribution in [1.29, 1.82) is 0 Å². The van der Waals surface area contributed by atoms with Gasteiger partial charge < -0.3 is 10.5 Å². The molecule has 0 radical (unpaired) electrons. The van der Waals surface area contributed by atoms with Crippen LogP contribution in [-0.2, 0) is 17.3 Å². The lowest BCUT2D eigenvalue weighted by Gasteiger charge is -2.21. The third-order valence-electron chi connectivity index (χ3n) is 3.05. The first-order valence-electron chi connectivity index (χ1n) is 6.72. The van der Waals surface area contributed by atoms with Gasteiger partial charge in [-0.15, -0.1) is 0 Å². The molecule has 0 saturated heterocycles. The Bertz CT molecular complexity index is 660. The van der Waals surface area contributed by atoms with Crippen molar-refractivity contribution in [1.82, 2.24) is 4.98 Å². The van der Waals surface area contributed by atoms with E-state index < -0.39 is 46.1 Å². The van der Waals surface area contributed by atoms with Crippen LogP contribution < -0.4 is 5.73 Å². The number of ether oxygens (including phenoxy) is 1. The summed E-state index contributed by atoms with van der Waals surface area (Å²) in [5, 5.41) is 0. The maximum Gasteiger partial charge on any atom is 0.434 e. The summed E-state index contributed by atoms with van der Waals surface area (Å²) in [5.74, 6) is -1.49. The number of carbonyl (C=O) groups is 1. The number of methoxy groups -OCH3 is 1. The lowest BCUT2D eigenvalue weighted by molar-refractivity contribution is -0.141. The van der Waals surface area contributed by atoms with E-state index in [-0.39, 0.29) is 17.9 Å². The highest BCUT2D eigenvalue weighted by atomic mass is 32.1. The Morgan fingerprint density at radius 3 is 2.17 bits per heavy atom. The van der Waals surface area contributed by atoms with Crippen LogP contribution in [0.2, 0.25) is 0 Å². The molecule has 134 valence electrons. The monoisotopic (exact) mass is 370 g/mol. The maximum atomic E-state index is 13.2. The summed E-state index contributed by atoms with van der Waals surface area (Å²) in [6.07, 6.45) is -8.61. The molecule has 0 atom stereocenters. The van der Waals surface area contributed by atoms with Gasteiger partial charge in [0.05, 0.1) is 12.7 Å². The number of hydrogen-bond donors (Lipinski definition) is 1. The van der Waals surface area contributed by atoms with Crippen molar-refractivity contribution in [3.63, 3.8) is 0 Å². The molecule has 24 heavy (non-hydrogen) atoms. The van der Waals surface area contributed by atoms with Crippen LogP contribution in [0.3, 0.4) is 0 Å². The average Bonchev–Trinajstić information content (AvgIpc) is 2.43. The molecule has 10 heteroatoms. The molecule has 0 aliphatic heterocycles. The minimum atomic E-state index is -5.07. The van der Waals surface area contributed by atoms with Crippen molar-refractivity contribution < 1.29 is 31.5 Å². The Balaban J connectivity index is 4.02. The summed E-state index contributed by atoms with van der Waals surface area (Å²) in [7, 11) is 0.925. The second-order valence-electron chi connectivity index (χ2n) is 5.33. The molecule has 1 heterocycles. The largest absolute Gasteiger partial charge is 0.465 e. The number of hydrogen-bond acceptors (Lipinski definition) is 4. The molecule has 0 bridgehead atoms. The Morgan fingerprint density at radius 2 is 1.83 bits per heavy atom. The van der Waals surface area contributed by atoms with E-state index in [0.29, 0.717) is 0 Å². The Morgan fingerprint density at radius 1 is 1.29 bits per heavy atom. The van der Waals surface area contributed by atoms with Crippen LogP contribution in [0, 0.1) is 5.92 Å². The van der Waals surface area contributed by atoms with E-state index in [0.717, 1.165) is 7.11 Å². The number of nitrogens with two attached hydrogens (primary N) is 1.